The molecular formula is C15H17N3O2S. The van der Waals surface area contributed by atoms with Crippen LogP contribution in [0.3, 0.4) is 0 Å². The Bertz CT molecular complexity index is 639. The van der Waals surface area contributed by atoms with Gasteiger partial charge in [-0.25, -0.2) is 4.98 Å². The first-order valence-electron chi connectivity index (χ1n) is 6.93. The maximum atomic E-state index is 11.3. The van der Waals surface area contributed by atoms with Crippen LogP contribution in [0.25, 0.3) is 11.3 Å². The molecular weight excluding hydrogens is 286 g/mol. The monoisotopic (exact) mass is 303 g/mol. The number of primary amides is 1. The molecule has 3 heterocycles. The number of aryl methyl sites for hydroxylation is 1. The first-order chi connectivity index (χ1) is 10.1. The maximum Gasteiger partial charge on any atom is 0.220 e. The largest absolute Gasteiger partial charge is 0.372 e. The fourth-order valence-electron chi connectivity index (χ4n) is 2.50. The highest BCUT2D eigenvalue weighted by atomic mass is 32.1. The summed E-state index contributed by atoms with van der Waals surface area (Å²) in [5, 5.41) is 3.06. The van der Waals surface area contributed by atoms with Crippen molar-refractivity contribution < 1.29 is 9.53 Å². The molecule has 2 unspecified atom stereocenters. The molecule has 3 rings (SSSR count). The van der Waals surface area contributed by atoms with Crippen LogP contribution in [0.2, 0.25) is 0 Å². The number of carbonyl (C=O) groups excluding carboxylic acids is 1. The van der Waals surface area contributed by atoms with E-state index in [0.717, 1.165) is 22.0 Å². The van der Waals surface area contributed by atoms with Gasteiger partial charge in [-0.1, -0.05) is 0 Å². The Morgan fingerprint density at radius 2 is 2.33 bits per heavy atom. The Balaban J connectivity index is 1.76. The highest BCUT2D eigenvalue weighted by Crippen LogP contribution is 2.31. The second-order valence-corrected chi connectivity index (χ2v) is 6.27. The van der Waals surface area contributed by atoms with Crippen molar-refractivity contribution >= 4 is 17.2 Å². The first-order valence-corrected chi connectivity index (χ1v) is 7.81. The van der Waals surface area contributed by atoms with Crippen molar-refractivity contribution in [3.8, 4) is 11.3 Å². The Morgan fingerprint density at radius 3 is 2.95 bits per heavy atom. The maximum absolute atomic E-state index is 11.3. The summed E-state index contributed by atoms with van der Waals surface area (Å²) >= 11 is 1.62. The summed E-state index contributed by atoms with van der Waals surface area (Å²) in [6.07, 6.45) is 2.96. The molecule has 1 aliphatic heterocycles. The Morgan fingerprint density at radius 1 is 1.48 bits per heavy atom. The van der Waals surface area contributed by atoms with E-state index in [2.05, 4.69) is 9.97 Å². The number of pyridine rings is 1. The third-order valence-corrected chi connectivity index (χ3v) is 4.49. The molecule has 2 aromatic heterocycles. The number of thiazole rings is 1. The molecule has 1 saturated heterocycles. The standard InChI is InChI=1S/C15H17N3O2S/c1-9-18-13(8-21-9)11-2-3-12(17-7-11)14-6-10(15(16)19)4-5-20-14/h2-3,7-8,10,14H,4-6H2,1H3,(H2,16,19). The SMILES string of the molecule is Cc1nc(-c2ccc(C3CC(C(N)=O)CCO3)nc2)cs1. The zero-order valence-corrected chi connectivity index (χ0v) is 12.6. The molecule has 0 radical (unpaired) electrons. The van der Waals surface area contributed by atoms with E-state index in [9.17, 15) is 4.79 Å². The number of nitrogens with two attached hydrogens (primary N) is 1. The number of rotatable bonds is 3. The lowest BCUT2D eigenvalue weighted by molar-refractivity contribution is -0.127. The van der Waals surface area contributed by atoms with Gasteiger partial charge in [-0.05, 0) is 31.9 Å². The molecule has 0 bridgehead atoms. The van der Waals surface area contributed by atoms with Crippen LogP contribution in [0, 0.1) is 12.8 Å². The second-order valence-electron chi connectivity index (χ2n) is 5.21. The van der Waals surface area contributed by atoms with E-state index in [1.54, 1.807) is 17.5 Å². The third kappa shape index (κ3) is 3.11. The van der Waals surface area contributed by atoms with Gasteiger partial charge in [0.05, 0.1) is 16.4 Å². The van der Waals surface area contributed by atoms with Crippen LogP contribution in [0.5, 0.6) is 0 Å². The molecule has 6 heteroatoms. The van der Waals surface area contributed by atoms with E-state index in [1.807, 2.05) is 24.4 Å². The normalized spacial score (nSPS) is 22.1. The molecule has 21 heavy (non-hydrogen) atoms. The van der Waals surface area contributed by atoms with Crippen LogP contribution in [-0.2, 0) is 9.53 Å². The number of carbonyl (C=O) groups is 1. The third-order valence-electron chi connectivity index (χ3n) is 3.72. The lowest BCUT2D eigenvalue weighted by Crippen LogP contribution is -2.30. The molecule has 1 amide bonds. The van der Waals surface area contributed by atoms with Crippen molar-refractivity contribution in [2.75, 3.05) is 6.61 Å². The summed E-state index contributed by atoms with van der Waals surface area (Å²) < 4.78 is 5.71. The van der Waals surface area contributed by atoms with Gasteiger partial charge in [-0.2, -0.15) is 0 Å². The van der Waals surface area contributed by atoms with Crippen LogP contribution < -0.4 is 5.73 Å². The lowest BCUT2D eigenvalue weighted by atomic mass is 9.93. The van der Waals surface area contributed by atoms with Gasteiger partial charge in [0.1, 0.15) is 6.10 Å². The van der Waals surface area contributed by atoms with E-state index in [4.69, 9.17) is 10.5 Å². The van der Waals surface area contributed by atoms with Crippen molar-refractivity contribution in [3.63, 3.8) is 0 Å². The van der Waals surface area contributed by atoms with Crippen LogP contribution in [0.1, 0.15) is 29.6 Å². The zero-order valence-electron chi connectivity index (χ0n) is 11.8. The fourth-order valence-corrected chi connectivity index (χ4v) is 3.13. The number of hydrogen-bond donors (Lipinski definition) is 1. The fraction of sp³-hybridized carbons (Fsp3) is 0.400. The minimum absolute atomic E-state index is 0.119. The minimum Gasteiger partial charge on any atom is -0.372 e. The van der Waals surface area contributed by atoms with Gasteiger partial charge < -0.3 is 10.5 Å². The van der Waals surface area contributed by atoms with Crippen LogP contribution >= 0.6 is 11.3 Å². The van der Waals surface area contributed by atoms with Gasteiger partial charge in [0.25, 0.3) is 0 Å². The van der Waals surface area contributed by atoms with Gasteiger partial charge in [-0.15, -0.1) is 11.3 Å². The van der Waals surface area contributed by atoms with Gasteiger partial charge in [0.2, 0.25) is 5.91 Å². The van der Waals surface area contributed by atoms with Gasteiger partial charge in [-0.3, -0.25) is 9.78 Å². The highest BCUT2D eigenvalue weighted by molar-refractivity contribution is 7.09. The summed E-state index contributed by atoms with van der Waals surface area (Å²) in [7, 11) is 0. The molecule has 110 valence electrons. The molecule has 1 fully saturated rings. The molecule has 2 N–H and O–H groups in total. The van der Waals surface area contributed by atoms with E-state index in [0.29, 0.717) is 19.4 Å². The van der Waals surface area contributed by atoms with Gasteiger partial charge in [0.15, 0.2) is 0 Å². The highest BCUT2D eigenvalue weighted by Gasteiger charge is 2.28. The average molecular weight is 303 g/mol. The van der Waals surface area contributed by atoms with Crippen LogP contribution in [0.15, 0.2) is 23.7 Å². The Kier molecular flexibility index (Phi) is 3.98. The van der Waals surface area contributed by atoms with E-state index < -0.39 is 0 Å². The lowest BCUT2D eigenvalue weighted by Gasteiger charge is -2.27. The number of ether oxygens (including phenoxy) is 1. The average Bonchev–Trinajstić information content (AvgIpc) is 2.94. The van der Waals surface area contributed by atoms with Crippen LogP contribution in [0.4, 0.5) is 0 Å². The summed E-state index contributed by atoms with van der Waals surface area (Å²) in [4.78, 5) is 20.2. The van der Waals surface area contributed by atoms with Crippen molar-refractivity contribution in [2.45, 2.75) is 25.9 Å². The number of nitrogens with zero attached hydrogens (tertiary/aromatic N) is 2. The molecule has 0 saturated carbocycles. The zero-order chi connectivity index (χ0) is 14.8. The predicted molar refractivity (Wildman–Crippen MR) is 80.7 cm³/mol. The van der Waals surface area contributed by atoms with Crippen molar-refractivity contribution in [1.29, 1.82) is 0 Å². The first kappa shape index (κ1) is 14.2. The predicted octanol–water partition coefficient (Wildman–Crippen LogP) is 2.47. The molecule has 0 spiro atoms. The molecule has 5 nitrogen and oxygen atoms in total. The Hall–Kier alpha value is -1.79. The van der Waals surface area contributed by atoms with E-state index in [1.165, 1.54) is 0 Å². The van der Waals surface area contributed by atoms with Crippen molar-refractivity contribution in [2.24, 2.45) is 11.7 Å². The van der Waals surface area contributed by atoms with Gasteiger partial charge in [0, 0.05) is 29.7 Å². The number of hydrogen-bond acceptors (Lipinski definition) is 5. The topological polar surface area (TPSA) is 78.1 Å². The van der Waals surface area contributed by atoms with Gasteiger partial charge >= 0.3 is 0 Å². The number of amides is 1. The number of aromatic nitrogens is 2. The summed E-state index contributed by atoms with van der Waals surface area (Å²) in [6.45, 7) is 2.53. The van der Waals surface area contributed by atoms with E-state index in [-0.39, 0.29) is 17.9 Å². The molecule has 1 aliphatic rings. The van der Waals surface area contributed by atoms with Crippen molar-refractivity contribution in [1.82, 2.24) is 9.97 Å². The quantitative estimate of drug-likeness (QED) is 0.944. The molecule has 2 aromatic rings. The summed E-state index contributed by atoms with van der Waals surface area (Å²) in [6, 6.07) is 3.94. The second kappa shape index (κ2) is 5.91. The summed E-state index contributed by atoms with van der Waals surface area (Å²) in [5.41, 5.74) is 8.16. The smallest absolute Gasteiger partial charge is 0.220 e. The molecule has 0 aromatic carbocycles. The summed E-state index contributed by atoms with van der Waals surface area (Å²) in [5.74, 6) is -0.371. The van der Waals surface area contributed by atoms with Crippen LogP contribution in [-0.4, -0.2) is 22.5 Å². The Labute approximate surface area is 127 Å². The van der Waals surface area contributed by atoms with Crippen molar-refractivity contribution in [3.05, 3.63) is 34.4 Å². The minimum atomic E-state index is -0.252. The molecule has 0 aliphatic carbocycles. The van der Waals surface area contributed by atoms with E-state index >= 15 is 0 Å². The molecule has 2 atom stereocenters.